The number of rotatable bonds is 6. The van der Waals surface area contributed by atoms with Crippen LogP contribution in [0.4, 0.5) is 4.39 Å². The van der Waals surface area contributed by atoms with E-state index in [2.05, 4.69) is 15.5 Å². The van der Waals surface area contributed by atoms with Gasteiger partial charge in [0.2, 0.25) is 0 Å². The second-order valence-corrected chi connectivity index (χ2v) is 8.04. The highest BCUT2D eigenvalue weighted by Crippen LogP contribution is 2.22. The number of thioether (sulfide) groups is 1. The Morgan fingerprint density at radius 2 is 1.81 bits per heavy atom. The molecule has 1 N–H and O–H groups in total. The lowest BCUT2D eigenvalue weighted by atomic mass is 10.2. The molecule has 0 aliphatic carbocycles. The van der Waals surface area contributed by atoms with Gasteiger partial charge in [0.05, 0.1) is 28.6 Å². The van der Waals surface area contributed by atoms with Gasteiger partial charge in [-0.3, -0.25) is 14.2 Å². The fraction of sp³-hybridized carbons (Fsp3) is 0.0435. The Hall–Kier alpha value is -3.49. The number of carbonyl (C=O) groups is 1. The SMILES string of the molecule is O=C(CSc1nc2ccccc2c(=O)n1-c1ccc(Cl)cc1)NN=Cc1ccc(F)cc1. The van der Waals surface area contributed by atoms with Crippen LogP contribution in [0.15, 0.2) is 87.8 Å². The van der Waals surface area contributed by atoms with E-state index in [0.717, 1.165) is 11.8 Å². The molecule has 6 nitrogen and oxygen atoms in total. The third-order valence-electron chi connectivity index (χ3n) is 4.43. The fourth-order valence-electron chi connectivity index (χ4n) is 2.92. The number of amides is 1. The van der Waals surface area contributed by atoms with Crippen molar-refractivity contribution in [2.75, 3.05) is 5.75 Å². The zero-order valence-electron chi connectivity index (χ0n) is 16.5. The summed E-state index contributed by atoms with van der Waals surface area (Å²) in [6.07, 6.45) is 1.42. The first kappa shape index (κ1) is 21.7. The maximum Gasteiger partial charge on any atom is 0.266 e. The van der Waals surface area contributed by atoms with Crippen molar-refractivity contribution in [3.63, 3.8) is 0 Å². The van der Waals surface area contributed by atoms with Crippen molar-refractivity contribution in [3.05, 3.63) is 99.6 Å². The summed E-state index contributed by atoms with van der Waals surface area (Å²) in [6, 6.07) is 19.5. The molecule has 0 bridgehead atoms. The second-order valence-electron chi connectivity index (χ2n) is 6.66. The monoisotopic (exact) mass is 466 g/mol. The number of para-hydroxylation sites is 1. The lowest BCUT2D eigenvalue weighted by Crippen LogP contribution is -2.24. The summed E-state index contributed by atoms with van der Waals surface area (Å²) in [4.78, 5) is 30.0. The Morgan fingerprint density at radius 3 is 2.56 bits per heavy atom. The van der Waals surface area contributed by atoms with E-state index in [9.17, 15) is 14.0 Å². The van der Waals surface area contributed by atoms with Crippen molar-refractivity contribution < 1.29 is 9.18 Å². The number of fused-ring (bicyclic) bond motifs is 1. The van der Waals surface area contributed by atoms with E-state index in [-0.39, 0.29) is 23.0 Å². The smallest absolute Gasteiger partial charge is 0.266 e. The number of hydrogen-bond donors (Lipinski definition) is 1. The molecule has 0 fully saturated rings. The van der Waals surface area contributed by atoms with Gasteiger partial charge in [-0.2, -0.15) is 5.10 Å². The van der Waals surface area contributed by atoms with Gasteiger partial charge in [0.1, 0.15) is 5.82 Å². The highest BCUT2D eigenvalue weighted by atomic mass is 35.5. The van der Waals surface area contributed by atoms with E-state index in [1.54, 1.807) is 60.7 Å². The first-order valence-corrected chi connectivity index (χ1v) is 10.9. The van der Waals surface area contributed by atoms with E-state index < -0.39 is 0 Å². The molecular weight excluding hydrogens is 451 g/mol. The first-order chi connectivity index (χ1) is 15.5. The van der Waals surface area contributed by atoms with Crippen LogP contribution in [-0.4, -0.2) is 27.4 Å². The molecule has 32 heavy (non-hydrogen) atoms. The third-order valence-corrected chi connectivity index (χ3v) is 5.63. The molecule has 4 aromatic rings. The molecule has 0 unspecified atom stereocenters. The molecule has 0 atom stereocenters. The number of halogens is 2. The van der Waals surface area contributed by atoms with Crippen LogP contribution in [0.5, 0.6) is 0 Å². The predicted octanol–water partition coefficient (Wildman–Crippen LogP) is 4.42. The quantitative estimate of drug-likeness (QED) is 0.197. The van der Waals surface area contributed by atoms with E-state index in [1.807, 2.05) is 0 Å². The van der Waals surface area contributed by atoms with Crippen LogP contribution in [0.1, 0.15) is 5.56 Å². The van der Waals surface area contributed by atoms with E-state index >= 15 is 0 Å². The molecule has 9 heteroatoms. The molecule has 0 aliphatic rings. The average Bonchev–Trinajstić information content (AvgIpc) is 2.80. The molecular formula is C23H16ClFN4O2S. The van der Waals surface area contributed by atoms with Crippen molar-refractivity contribution in [2.45, 2.75) is 5.16 Å². The van der Waals surface area contributed by atoms with Crippen molar-refractivity contribution >= 4 is 46.4 Å². The zero-order chi connectivity index (χ0) is 22.5. The molecule has 1 aromatic heterocycles. The van der Waals surface area contributed by atoms with Crippen molar-refractivity contribution in [1.29, 1.82) is 0 Å². The average molecular weight is 467 g/mol. The van der Waals surface area contributed by atoms with E-state index in [4.69, 9.17) is 11.6 Å². The molecule has 0 radical (unpaired) electrons. The zero-order valence-corrected chi connectivity index (χ0v) is 18.1. The largest absolute Gasteiger partial charge is 0.272 e. The second kappa shape index (κ2) is 9.76. The number of hydrazone groups is 1. The van der Waals surface area contributed by atoms with Crippen molar-refractivity contribution in [1.82, 2.24) is 15.0 Å². The molecule has 1 amide bonds. The highest BCUT2D eigenvalue weighted by Gasteiger charge is 2.14. The first-order valence-electron chi connectivity index (χ1n) is 9.49. The van der Waals surface area contributed by atoms with Crippen molar-refractivity contribution in [3.8, 4) is 5.69 Å². The number of benzene rings is 3. The normalized spacial score (nSPS) is 11.2. The Kier molecular flexibility index (Phi) is 6.63. The van der Waals surface area contributed by atoms with Gasteiger partial charge < -0.3 is 0 Å². The third kappa shape index (κ3) is 5.04. The lowest BCUT2D eigenvalue weighted by molar-refractivity contribution is -0.118. The Bertz CT molecular complexity index is 1360. The van der Waals surface area contributed by atoms with Crippen LogP contribution in [0, 0.1) is 5.82 Å². The minimum Gasteiger partial charge on any atom is -0.272 e. The van der Waals surface area contributed by atoms with Crippen molar-refractivity contribution in [2.24, 2.45) is 5.10 Å². The molecule has 4 rings (SSSR count). The Morgan fingerprint density at radius 1 is 1.09 bits per heavy atom. The number of nitrogens with one attached hydrogen (secondary N) is 1. The number of aromatic nitrogens is 2. The fourth-order valence-corrected chi connectivity index (χ4v) is 3.85. The summed E-state index contributed by atoms with van der Waals surface area (Å²) >= 11 is 7.10. The topological polar surface area (TPSA) is 76.3 Å². The molecule has 0 saturated heterocycles. The van der Waals surface area contributed by atoms with Gasteiger partial charge in [-0.05, 0) is 54.1 Å². The lowest BCUT2D eigenvalue weighted by Gasteiger charge is -2.13. The van der Waals surface area contributed by atoms with Crippen LogP contribution in [-0.2, 0) is 4.79 Å². The summed E-state index contributed by atoms with van der Waals surface area (Å²) in [5.41, 5.74) is 3.96. The van der Waals surface area contributed by atoms with Gasteiger partial charge >= 0.3 is 0 Å². The summed E-state index contributed by atoms with van der Waals surface area (Å²) < 4.78 is 14.4. The highest BCUT2D eigenvalue weighted by molar-refractivity contribution is 7.99. The van der Waals surface area contributed by atoms with Crippen LogP contribution in [0.25, 0.3) is 16.6 Å². The molecule has 1 heterocycles. The van der Waals surface area contributed by atoms with Gasteiger partial charge in [-0.25, -0.2) is 14.8 Å². The molecule has 0 spiro atoms. The standard InChI is InChI=1S/C23H16ClFN4O2S/c24-16-7-11-18(12-8-16)29-22(31)19-3-1-2-4-20(19)27-23(29)32-14-21(30)28-26-13-15-5-9-17(25)10-6-15/h1-13H,14H2,(H,28,30). The molecule has 3 aromatic carbocycles. The van der Waals surface area contributed by atoms with Crippen LogP contribution in [0.3, 0.4) is 0 Å². The number of nitrogens with zero attached hydrogens (tertiary/aromatic N) is 3. The van der Waals surface area contributed by atoms with Crippen LogP contribution in [0.2, 0.25) is 5.02 Å². The maximum atomic E-state index is 13.2. The van der Waals surface area contributed by atoms with Crippen LogP contribution >= 0.6 is 23.4 Å². The Labute approximate surface area is 191 Å². The molecule has 0 saturated carbocycles. The maximum absolute atomic E-state index is 13.2. The molecule has 0 aliphatic heterocycles. The minimum absolute atomic E-state index is 0.0148. The predicted molar refractivity (Wildman–Crippen MR) is 125 cm³/mol. The molecule has 160 valence electrons. The number of hydrogen-bond acceptors (Lipinski definition) is 5. The van der Waals surface area contributed by atoms with E-state index in [0.29, 0.717) is 32.3 Å². The summed E-state index contributed by atoms with van der Waals surface area (Å²) in [6.45, 7) is 0. The minimum atomic E-state index is -0.376. The van der Waals surface area contributed by atoms with Crippen LogP contribution < -0.4 is 11.0 Å². The van der Waals surface area contributed by atoms with Gasteiger partial charge in [-0.15, -0.1) is 0 Å². The summed E-state index contributed by atoms with van der Waals surface area (Å²) in [5.74, 6) is -0.741. The summed E-state index contributed by atoms with van der Waals surface area (Å²) in [5, 5.41) is 5.26. The van der Waals surface area contributed by atoms with Gasteiger partial charge in [0.25, 0.3) is 11.5 Å². The number of carbonyl (C=O) groups excluding carboxylic acids is 1. The van der Waals surface area contributed by atoms with E-state index in [1.165, 1.54) is 22.9 Å². The van der Waals surface area contributed by atoms with Gasteiger partial charge in [0, 0.05) is 5.02 Å². The van der Waals surface area contributed by atoms with Gasteiger partial charge in [0.15, 0.2) is 5.16 Å². The Balaban J connectivity index is 1.56. The summed E-state index contributed by atoms with van der Waals surface area (Å²) in [7, 11) is 0. The van der Waals surface area contributed by atoms with Gasteiger partial charge in [-0.1, -0.05) is 47.6 Å².